The summed E-state index contributed by atoms with van der Waals surface area (Å²) in [5.74, 6) is -0.756. The molecule has 0 aliphatic heterocycles. The first-order valence-electron chi connectivity index (χ1n) is 12.1. The summed E-state index contributed by atoms with van der Waals surface area (Å²) >= 11 is 0. The number of carboxylic acid groups (broad SMARTS) is 1. The Morgan fingerprint density at radius 2 is 1.51 bits per heavy atom. The highest BCUT2D eigenvalue weighted by Crippen LogP contribution is 2.40. The van der Waals surface area contributed by atoms with Crippen molar-refractivity contribution in [2.24, 2.45) is 11.7 Å². The summed E-state index contributed by atoms with van der Waals surface area (Å²) in [7, 11) is 0. The SMILES string of the molecule is N[C@@H]1C[C@H](CO)[C@@H](c2ccc(-c3cc(C(=O)O)cc4cc(-c5ccc(C(F)(F)F)cc5)ccc34)cc2)C1. The zero-order chi connectivity index (χ0) is 26.3. The van der Waals surface area contributed by atoms with Crippen LogP contribution in [0.25, 0.3) is 33.0 Å². The Hall–Kier alpha value is -3.68. The largest absolute Gasteiger partial charge is 0.478 e. The maximum atomic E-state index is 13.0. The van der Waals surface area contributed by atoms with E-state index in [4.69, 9.17) is 5.73 Å². The first kappa shape index (κ1) is 25.0. The van der Waals surface area contributed by atoms with Crippen LogP contribution in [0.15, 0.2) is 78.9 Å². The molecule has 4 nitrogen and oxygen atoms in total. The second-order valence-electron chi connectivity index (χ2n) is 9.74. The predicted octanol–water partition coefficient (Wildman–Crippen LogP) is 6.70. The Bertz CT molecular complexity index is 1450. The molecule has 1 fully saturated rings. The molecule has 1 aliphatic carbocycles. The molecule has 0 radical (unpaired) electrons. The number of fused-ring (bicyclic) bond motifs is 1. The van der Waals surface area contributed by atoms with E-state index >= 15 is 0 Å². The van der Waals surface area contributed by atoms with Crippen molar-refractivity contribution >= 4 is 16.7 Å². The number of benzene rings is 4. The van der Waals surface area contributed by atoms with Crippen LogP contribution in [0.5, 0.6) is 0 Å². The Balaban J connectivity index is 1.54. The van der Waals surface area contributed by atoms with Crippen molar-refractivity contribution in [1.29, 1.82) is 0 Å². The third-order valence-corrected chi connectivity index (χ3v) is 7.36. The van der Waals surface area contributed by atoms with E-state index < -0.39 is 17.7 Å². The number of halogens is 3. The fourth-order valence-electron chi connectivity index (χ4n) is 5.45. The minimum atomic E-state index is -4.41. The number of aliphatic hydroxyl groups excluding tert-OH is 1. The minimum Gasteiger partial charge on any atom is -0.478 e. The van der Waals surface area contributed by atoms with E-state index in [1.54, 1.807) is 18.2 Å². The highest BCUT2D eigenvalue weighted by molar-refractivity contribution is 6.04. The molecule has 1 saturated carbocycles. The van der Waals surface area contributed by atoms with E-state index in [-0.39, 0.29) is 30.0 Å². The fourth-order valence-corrected chi connectivity index (χ4v) is 5.45. The third-order valence-electron chi connectivity index (χ3n) is 7.36. The molecule has 4 aromatic carbocycles. The second-order valence-corrected chi connectivity index (χ2v) is 9.74. The van der Waals surface area contributed by atoms with Crippen LogP contribution in [-0.2, 0) is 6.18 Å². The summed E-state index contributed by atoms with van der Waals surface area (Å²) in [5, 5.41) is 21.0. The van der Waals surface area contributed by atoms with Gasteiger partial charge in [-0.2, -0.15) is 13.2 Å². The van der Waals surface area contributed by atoms with Gasteiger partial charge in [0.2, 0.25) is 0 Å². The van der Waals surface area contributed by atoms with Gasteiger partial charge in [-0.3, -0.25) is 0 Å². The second kappa shape index (κ2) is 9.65. The number of hydrogen-bond acceptors (Lipinski definition) is 3. The molecular formula is C30H26F3NO3. The Labute approximate surface area is 212 Å². The maximum absolute atomic E-state index is 13.0. The van der Waals surface area contributed by atoms with E-state index in [9.17, 15) is 28.2 Å². The van der Waals surface area contributed by atoms with Crippen LogP contribution in [-0.4, -0.2) is 28.8 Å². The highest BCUT2D eigenvalue weighted by Gasteiger charge is 2.33. The van der Waals surface area contributed by atoms with Gasteiger partial charge in [0.15, 0.2) is 0 Å². The van der Waals surface area contributed by atoms with Crippen molar-refractivity contribution in [3.8, 4) is 22.3 Å². The van der Waals surface area contributed by atoms with E-state index in [0.29, 0.717) is 16.5 Å². The van der Waals surface area contributed by atoms with Crippen LogP contribution in [0.1, 0.15) is 40.2 Å². The van der Waals surface area contributed by atoms with Crippen LogP contribution in [0.4, 0.5) is 13.2 Å². The van der Waals surface area contributed by atoms with Gasteiger partial charge < -0.3 is 15.9 Å². The number of aromatic carboxylic acids is 1. The summed E-state index contributed by atoms with van der Waals surface area (Å²) in [4.78, 5) is 11.9. The van der Waals surface area contributed by atoms with Gasteiger partial charge in [-0.25, -0.2) is 4.79 Å². The average Bonchev–Trinajstić information content (AvgIpc) is 3.28. The van der Waals surface area contributed by atoms with Gasteiger partial charge in [0.05, 0.1) is 11.1 Å². The fraction of sp³-hybridized carbons (Fsp3) is 0.233. The van der Waals surface area contributed by atoms with Gasteiger partial charge in [-0.1, -0.05) is 48.5 Å². The van der Waals surface area contributed by atoms with Gasteiger partial charge in [0, 0.05) is 12.6 Å². The standard InChI is InChI=1S/C30H26F3NO3/c31-30(32,33)24-8-5-17(6-9-24)20-7-10-26-21(11-20)12-22(29(36)37)14-28(26)19-3-1-18(2-4-19)27-15-25(34)13-23(27)16-35/h1-12,14,23,25,27,35H,13,15-16,34H2,(H,36,37)/t23-,25-,27-/m1/s1. The Morgan fingerprint density at radius 1 is 0.865 bits per heavy atom. The summed E-state index contributed by atoms with van der Waals surface area (Å²) in [6.07, 6.45) is -2.81. The third kappa shape index (κ3) is 4.97. The highest BCUT2D eigenvalue weighted by atomic mass is 19.4. The predicted molar refractivity (Wildman–Crippen MR) is 137 cm³/mol. The van der Waals surface area contributed by atoms with Crippen LogP contribution < -0.4 is 5.73 Å². The van der Waals surface area contributed by atoms with Crippen LogP contribution in [0, 0.1) is 5.92 Å². The lowest BCUT2D eigenvalue weighted by Crippen LogP contribution is -2.15. The number of alkyl halides is 3. The maximum Gasteiger partial charge on any atom is 0.416 e. The quantitative estimate of drug-likeness (QED) is 0.282. The van der Waals surface area contributed by atoms with Crippen molar-refractivity contribution in [1.82, 2.24) is 0 Å². The van der Waals surface area contributed by atoms with Gasteiger partial charge in [-0.05, 0) is 93.6 Å². The van der Waals surface area contributed by atoms with Gasteiger partial charge >= 0.3 is 12.1 Å². The molecule has 0 heterocycles. The molecule has 0 amide bonds. The molecule has 0 aromatic heterocycles. The lowest BCUT2D eigenvalue weighted by Gasteiger charge is -2.18. The summed E-state index contributed by atoms with van der Waals surface area (Å²) < 4.78 is 38.9. The average molecular weight is 506 g/mol. The first-order valence-corrected chi connectivity index (χ1v) is 12.1. The van der Waals surface area contributed by atoms with Gasteiger partial charge in [0.25, 0.3) is 0 Å². The zero-order valence-electron chi connectivity index (χ0n) is 19.9. The van der Waals surface area contributed by atoms with Gasteiger partial charge in [0.1, 0.15) is 0 Å². The minimum absolute atomic E-state index is 0.0666. The number of rotatable bonds is 5. The van der Waals surface area contributed by atoms with E-state index in [1.807, 2.05) is 36.4 Å². The summed E-state index contributed by atoms with van der Waals surface area (Å²) in [6.45, 7) is 0.0900. The van der Waals surface area contributed by atoms with E-state index in [2.05, 4.69) is 0 Å². The summed E-state index contributed by atoms with van der Waals surface area (Å²) in [5.41, 5.74) is 9.52. The summed E-state index contributed by atoms with van der Waals surface area (Å²) in [6, 6.07) is 21.6. The topological polar surface area (TPSA) is 83.5 Å². The van der Waals surface area contributed by atoms with Crippen molar-refractivity contribution in [3.05, 3.63) is 95.6 Å². The van der Waals surface area contributed by atoms with Crippen molar-refractivity contribution in [2.45, 2.75) is 31.0 Å². The molecule has 3 atom stereocenters. The number of nitrogens with two attached hydrogens (primary N) is 1. The molecule has 0 unspecified atom stereocenters. The molecular weight excluding hydrogens is 479 g/mol. The van der Waals surface area contributed by atoms with Crippen molar-refractivity contribution in [2.75, 3.05) is 6.61 Å². The number of hydrogen-bond donors (Lipinski definition) is 3. The molecule has 190 valence electrons. The van der Waals surface area contributed by atoms with Crippen LogP contribution in [0.3, 0.4) is 0 Å². The Kier molecular flexibility index (Phi) is 6.52. The van der Waals surface area contributed by atoms with Crippen LogP contribution >= 0.6 is 0 Å². The lowest BCUT2D eigenvalue weighted by atomic mass is 9.87. The molecule has 5 rings (SSSR count). The monoisotopic (exact) mass is 505 g/mol. The van der Waals surface area contributed by atoms with Crippen molar-refractivity contribution < 1.29 is 28.2 Å². The molecule has 0 saturated heterocycles. The lowest BCUT2D eigenvalue weighted by molar-refractivity contribution is -0.137. The first-order chi connectivity index (χ1) is 17.6. The van der Waals surface area contributed by atoms with E-state index in [1.165, 1.54) is 12.1 Å². The van der Waals surface area contributed by atoms with Crippen LogP contribution in [0.2, 0.25) is 0 Å². The smallest absolute Gasteiger partial charge is 0.416 e. The zero-order valence-corrected chi connectivity index (χ0v) is 19.9. The molecule has 0 spiro atoms. The number of carbonyl (C=O) groups is 1. The Morgan fingerprint density at radius 3 is 2.14 bits per heavy atom. The molecule has 37 heavy (non-hydrogen) atoms. The molecule has 1 aliphatic rings. The molecule has 4 aromatic rings. The molecule has 7 heteroatoms. The van der Waals surface area contributed by atoms with Crippen molar-refractivity contribution in [3.63, 3.8) is 0 Å². The normalized spacial score (nSPS) is 19.9. The molecule has 0 bridgehead atoms. The number of aliphatic hydroxyl groups is 1. The van der Waals surface area contributed by atoms with E-state index in [0.717, 1.165) is 47.1 Å². The molecule has 4 N–H and O–H groups in total. The van der Waals surface area contributed by atoms with Gasteiger partial charge in [-0.15, -0.1) is 0 Å². The number of carboxylic acids is 1.